The molecule has 27 heavy (non-hydrogen) atoms. The molecule has 0 fully saturated rings. The van der Waals surface area contributed by atoms with E-state index in [0.717, 1.165) is 44.4 Å². The Labute approximate surface area is 182 Å². The summed E-state index contributed by atoms with van der Waals surface area (Å²) in [6.07, 6.45) is 0. The molecule has 0 amide bonds. The lowest BCUT2D eigenvalue weighted by molar-refractivity contribution is 1.20. The Morgan fingerprint density at radius 3 is 1.26 bits per heavy atom. The molecule has 0 N–H and O–H groups in total. The molecule has 0 aliphatic carbocycles. The zero-order valence-electron chi connectivity index (χ0n) is 14.0. The molecule has 5 heteroatoms. The Hall–Kier alpha value is -1.09. The number of alkyl halides is 4. The van der Waals surface area contributed by atoms with Crippen LogP contribution < -0.4 is 0 Å². The van der Waals surface area contributed by atoms with Gasteiger partial charge in [-0.3, -0.25) is 0 Å². The van der Waals surface area contributed by atoms with Crippen molar-refractivity contribution >= 4 is 79.7 Å². The third kappa shape index (κ3) is 4.04. The van der Waals surface area contributed by atoms with Crippen LogP contribution in [0.5, 0.6) is 0 Å². The number of rotatable bonds is 4. The smallest absolute Gasteiger partial charge is 0.0839 e. The minimum absolute atomic E-state index is 0.737. The van der Waals surface area contributed by atoms with E-state index >= 15 is 0 Å². The van der Waals surface area contributed by atoms with E-state index in [1.807, 2.05) is 84.9 Å². The van der Waals surface area contributed by atoms with Crippen LogP contribution in [0, 0.1) is 0 Å². The van der Waals surface area contributed by atoms with Crippen LogP contribution in [0.1, 0.15) is 11.1 Å². The van der Waals surface area contributed by atoms with Crippen LogP contribution in [0.2, 0.25) is 0 Å². The zero-order valence-corrected chi connectivity index (χ0v) is 17.8. The molecule has 0 spiro atoms. The Balaban J connectivity index is 1.68. The molecule has 4 aromatic rings. The number of hydrogen-bond acceptors (Lipinski definition) is 1. The molecule has 0 aliphatic rings. The number of fused-ring (bicyclic) bond motifs is 2. The number of thioether (sulfide) groups is 1. The fourth-order valence-electron chi connectivity index (χ4n) is 3.02. The van der Waals surface area contributed by atoms with Gasteiger partial charge in [-0.05, 0) is 44.8 Å². The third-order valence-corrected chi connectivity index (χ3v) is 7.21. The van der Waals surface area contributed by atoms with Gasteiger partial charge in [0.05, 0.1) is 0 Å². The van der Waals surface area contributed by atoms with E-state index in [0.29, 0.717) is 0 Å². The molecule has 0 unspecified atom stereocenters. The Morgan fingerprint density at radius 1 is 0.481 bits per heavy atom. The van der Waals surface area contributed by atoms with Gasteiger partial charge in [-0.25, -0.2) is 0 Å². The number of hydrogen-bond donors (Lipinski definition) is 0. The summed E-state index contributed by atoms with van der Waals surface area (Å²) >= 11 is 27.8. The van der Waals surface area contributed by atoms with Gasteiger partial charge in [0, 0.05) is 0 Å². The molecule has 0 aliphatic heterocycles. The van der Waals surface area contributed by atoms with Crippen molar-refractivity contribution < 1.29 is 0 Å². The van der Waals surface area contributed by atoms with Crippen LogP contribution in [0.4, 0.5) is 0 Å². The predicted octanol–water partition coefficient (Wildman–Crippen LogP) is 8.60. The lowest BCUT2D eigenvalue weighted by Gasteiger charge is -2.28. The fourth-order valence-corrected chi connectivity index (χ4v) is 6.16. The lowest BCUT2D eigenvalue weighted by Crippen LogP contribution is -2.15. The van der Waals surface area contributed by atoms with Crippen LogP contribution in [0.15, 0.2) is 84.9 Å². The first-order valence-electron chi connectivity index (χ1n) is 8.29. The number of halogens is 4. The molecule has 4 aromatic carbocycles. The highest BCUT2D eigenvalue weighted by Gasteiger charge is 2.40. The second-order valence-electron chi connectivity index (χ2n) is 6.26. The highest BCUT2D eigenvalue weighted by Crippen LogP contribution is 2.58. The van der Waals surface area contributed by atoms with Crippen LogP contribution in [-0.2, 0) is 7.33 Å². The van der Waals surface area contributed by atoms with Gasteiger partial charge < -0.3 is 0 Å². The summed E-state index contributed by atoms with van der Waals surface area (Å²) in [5.74, 6) is 0. The molecule has 0 aromatic heterocycles. The van der Waals surface area contributed by atoms with Crippen molar-refractivity contribution in [2.24, 2.45) is 0 Å². The molecule has 0 saturated heterocycles. The van der Waals surface area contributed by atoms with E-state index in [2.05, 4.69) is 0 Å². The molecule has 0 bridgehead atoms. The van der Waals surface area contributed by atoms with Crippen molar-refractivity contribution in [3.63, 3.8) is 0 Å². The van der Waals surface area contributed by atoms with Crippen LogP contribution in [-0.4, -0.2) is 0 Å². The van der Waals surface area contributed by atoms with Gasteiger partial charge in [-0.1, -0.05) is 131 Å². The highest BCUT2D eigenvalue weighted by atomic mass is 35.5. The average molecular weight is 452 g/mol. The zero-order chi connectivity index (χ0) is 19.1. The van der Waals surface area contributed by atoms with Gasteiger partial charge in [0.1, 0.15) is 0 Å². The van der Waals surface area contributed by atoms with Crippen molar-refractivity contribution in [1.82, 2.24) is 0 Å². The molecular formula is C22H14Cl4S. The second-order valence-corrected chi connectivity index (χ2v) is 11.2. The largest absolute Gasteiger partial charge is 0.191 e. The number of benzene rings is 4. The van der Waals surface area contributed by atoms with E-state index in [4.69, 9.17) is 46.4 Å². The van der Waals surface area contributed by atoms with E-state index in [9.17, 15) is 0 Å². The monoisotopic (exact) mass is 450 g/mol. The normalized spacial score (nSPS) is 12.6. The molecule has 136 valence electrons. The first kappa shape index (κ1) is 19.2. The highest BCUT2D eigenvalue weighted by molar-refractivity contribution is 8.05. The maximum absolute atomic E-state index is 6.67. The minimum Gasteiger partial charge on any atom is -0.0839 e. The molecule has 0 heterocycles. The Bertz CT molecular complexity index is 1030. The van der Waals surface area contributed by atoms with Gasteiger partial charge in [0.15, 0.2) is 7.33 Å². The van der Waals surface area contributed by atoms with Gasteiger partial charge in [-0.15, -0.1) is 0 Å². The topological polar surface area (TPSA) is 0 Å². The van der Waals surface area contributed by atoms with Crippen molar-refractivity contribution in [2.75, 3.05) is 0 Å². The molecule has 0 atom stereocenters. The van der Waals surface area contributed by atoms with Crippen molar-refractivity contribution in [3.05, 3.63) is 96.1 Å². The van der Waals surface area contributed by atoms with Crippen LogP contribution >= 0.6 is 58.2 Å². The molecule has 0 radical (unpaired) electrons. The molecule has 0 nitrogen and oxygen atoms in total. The quantitative estimate of drug-likeness (QED) is 0.280. The average Bonchev–Trinajstić information content (AvgIpc) is 2.66. The van der Waals surface area contributed by atoms with Crippen LogP contribution in [0.3, 0.4) is 0 Å². The van der Waals surface area contributed by atoms with Gasteiger partial charge in [0.2, 0.25) is 0 Å². The first-order valence-corrected chi connectivity index (χ1v) is 10.6. The summed E-state index contributed by atoms with van der Waals surface area (Å²) in [4.78, 5) is 0. The third-order valence-electron chi connectivity index (χ3n) is 4.43. The van der Waals surface area contributed by atoms with Gasteiger partial charge in [-0.2, -0.15) is 0 Å². The summed E-state index contributed by atoms with van der Waals surface area (Å²) < 4.78 is -2.61. The summed E-state index contributed by atoms with van der Waals surface area (Å²) in [6, 6.07) is 27.8. The van der Waals surface area contributed by atoms with E-state index in [1.54, 1.807) is 0 Å². The van der Waals surface area contributed by atoms with Gasteiger partial charge >= 0.3 is 0 Å². The fraction of sp³-hybridized carbons (Fsp3) is 0.0909. The summed E-state index contributed by atoms with van der Waals surface area (Å²) in [7, 11) is 0. The van der Waals surface area contributed by atoms with Crippen molar-refractivity contribution in [1.29, 1.82) is 0 Å². The lowest BCUT2D eigenvalue weighted by atomic mass is 10.1. The Morgan fingerprint density at radius 2 is 0.852 bits per heavy atom. The van der Waals surface area contributed by atoms with E-state index in [1.165, 1.54) is 0 Å². The second kappa shape index (κ2) is 7.39. The molecule has 0 saturated carbocycles. The standard InChI is InChI=1S/C22H14Cl4S/c23-21(24,19-11-9-15-5-1-3-7-17(15)13-19)27-22(25,26)20-12-10-16-6-2-4-8-18(16)14-20/h1-14H. The van der Waals surface area contributed by atoms with Crippen molar-refractivity contribution in [2.45, 2.75) is 7.33 Å². The molecular weight excluding hydrogens is 438 g/mol. The van der Waals surface area contributed by atoms with Gasteiger partial charge in [0.25, 0.3) is 0 Å². The first-order chi connectivity index (χ1) is 12.9. The SMILES string of the molecule is ClC(Cl)(SC(Cl)(Cl)c1ccc2ccccc2c1)c1ccc2ccccc2c1. The van der Waals surface area contributed by atoms with Crippen LogP contribution in [0.25, 0.3) is 21.5 Å². The van der Waals surface area contributed by atoms with E-state index < -0.39 is 7.33 Å². The summed E-state index contributed by atoms with van der Waals surface area (Å²) in [5.41, 5.74) is 1.47. The maximum atomic E-state index is 6.67. The maximum Gasteiger partial charge on any atom is 0.191 e. The molecule has 4 rings (SSSR count). The predicted molar refractivity (Wildman–Crippen MR) is 122 cm³/mol. The van der Waals surface area contributed by atoms with Crippen molar-refractivity contribution in [3.8, 4) is 0 Å². The Kier molecular flexibility index (Phi) is 5.26. The summed E-state index contributed by atoms with van der Waals surface area (Å²) in [6.45, 7) is 0. The van der Waals surface area contributed by atoms with E-state index in [-0.39, 0.29) is 0 Å². The minimum atomic E-state index is -1.31. The summed E-state index contributed by atoms with van der Waals surface area (Å²) in [5, 5.41) is 4.35.